The van der Waals surface area contributed by atoms with Crippen LogP contribution >= 0.6 is 0 Å². The van der Waals surface area contributed by atoms with Gasteiger partial charge in [0.15, 0.2) is 0 Å². The molecule has 4 heteroatoms. The number of halogens is 1. The molecule has 1 rings (SSSR count). The maximum atomic E-state index is 13.6. The standard InChI is InChI=1S/C14H23FN2O/c1-11(2)17-9-5-8-16-10-12-13(15)6-4-7-14(12)18-3/h4,6-7,11,16-17H,5,8-10H2,1-3H3. The first-order valence-corrected chi connectivity index (χ1v) is 6.40. The van der Waals surface area contributed by atoms with Gasteiger partial charge < -0.3 is 15.4 Å². The van der Waals surface area contributed by atoms with Crippen LogP contribution in [0.4, 0.5) is 4.39 Å². The van der Waals surface area contributed by atoms with Crippen LogP contribution < -0.4 is 15.4 Å². The molecule has 102 valence electrons. The van der Waals surface area contributed by atoms with Crippen molar-refractivity contribution >= 4 is 0 Å². The summed E-state index contributed by atoms with van der Waals surface area (Å²) >= 11 is 0. The molecule has 0 radical (unpaired) electrons. The summed E-state index contributed by atoms with van der Waals surface area (Å²) in [7, 11) is 1.56. The zero-order chi connectivity index (χ0) is 13.4. The van der Waals surface area contributed by atoms with E-state index in [1.54, 1.807) is 19.2 Å². The zero-order valence-electron chi connectivity index (χ0n) is 11.4. The fraction of sp³-hybridized carbons (Fsp3) is 0.571. The van der Waals surface area contributed by atoms with Crippen LogP contribution in [0.1, 0.15) is 25.8 Å². The number of ether oxygens (including phenoxy) is 1. The van der Waals surface area contributed by atoms with Crippen molar-refractivity contribution in [1.29, 1.82) is 0 Å². The van der Waals surface area contributed by atoms with E-state index >= 15 is 0 Å². The first-order chi connectivity index (χ1) is 8.65. The van der Waals surface area contributed by atoms with Gasteiger partial charge in [-0.1, -0.05) is 19.9 Å². The molecule has 3 nitrogen and oxygen atoms in total. The number of methoxy groups -OCH3 is 1. The summed E-state index contributed by atoms with van der Waals surface area (Å²) in [6.45, 7) is 6.57. The molecule has 2 N–H and O–H groups in total. The molecule has 0 aliphatic carbocycles. The van der Waals surface area contributed by atoms with E-state index in [0.29, 0.717) is 23.9 Å². The molecular formula is C14H23FN2O. The van der Waals surface area contributed by atoms with Gasteiger partial charge >= 0.3 is 0 Å². The predicted octanol–water partition coefficient (Wildman–Crippen LogP) is 2.31. The van der Waals surface area contributed by atoms with E-state index in [4.69, 9.17) is 4.74 Å². The van der Waals surface area contributed by atoms with Crippen LogP contribution in [0.5, 0.6) is 5.75 Å². The molecule has 0 atom stereocenters. The maximum absolute atomic E-state index is 13.6. The Bertz CT molecular complexity index is 356. The third-order valence-electron chi connectivity index (χ3n) is 2.68. The lowest BCUT2D eigenvalue weighted by molar-refractivity contribution is 0.401. The van der Waals surface area contributed by atoms with Crippen LogP contribution in [0.3, 0.4) is 0 Å². The molecule has 18 heavy (non-hydrogen) atoms. The molecular weight excluding hydrogens is 231 g/mol. The van der Waals surface area contributed by atoms with Crippen molar-refractivity contribution in [2.24, 2.45) is 0 Å². The van der Waals surface area contributed by atoms with Crippen molar-refractivity contribution in [3.63, 3.8) is 0 Å². The topological polar surface area (TPSA) is 33.3 Å². The van der Waals surface area contributed by atoms with E-state index in [1.165, 1.54) is 6.07 Å². The second kappa shape index (κ2) is 8.06. The average Bonchev–Trinajstić information content (AvgIpc) is 2.34. The van der Waals surface area contributed by atoms with Gasteiger partial charge in [0.25, 0.3) is 0 Å². The van der Waals surface area contributed by atoms with E-state index in [0.717, 1.165) is 19.5 Å². The summed E-state index contributed by atoms with van der Waals surface area (Å²) in [5.41, 5.74) is 0.594. The van der Waals surface area contributed by atoms with Crippen molar-refractivity contribution in [2.75, 3.05) is 20.2 Å². The molecule has 0 fully saturated rings. The summed E-state index contributed by atoms with van der Waals surface area (Å²) in [4.78, 5) is 0. The van der Waals surface area contributed by atoms with Gasteiger partial charge in [-0.05, 0) is 31.6 Å². The largest absolute Gasteiger partial charge is 0.496 e. The molecule has 0 aliphatic rings. The lowest BCUT2D eigenvalue weighted by atomic mass is 10.2. The maximum Gasteiger partial charge on any atom is 0.131 e. The van der Waals surface area contributed by atoms with E-state index in [2.05, 4.69) is 24.5 Å². The minimum Gasteiger partial charge on any atom is -0.496 e. The fourth-order valence-corrected chi connectivity index (χ4v) is 1.72. The zero-order valence-corrected chi connectivity index (χ0v) is 11.4. The average molecular weight is 254 g/mol. The normalized spacial score (nSPS) is 10.9. The highest BCUT2D eigenvalue weighted by Gasteiger charge is 2.07. The number of nitrogens with one attached hydrogen (secondary N) is 2. The Morgan fingerprint density at radius 2 is 2.06 bits per heavy atom. The molecule has 0 unspecified atom stereocenters. The Morgan fingerprint density at radius 1 is 1.28 bits per heavy atom. The molecule has 0 aliphatic heterocycles. The van der Waals surface area contributed by atoms with Crippen LogP contribution in [0.2, 0.25) is 0 Å². The summed E-state index contributed by atoms with van der Waals surface area (Å²) in [6, 6.07) is 5.40. The van der Waals surface area contributed by atoms with Gasteiger partial charge in [-0.15, -0.1) is 0 Å². The third kappa shape index (κ3) is 5.02. The third-order valence-corrected chi connectivity index (χ3v) is 2.68. The van der Waals surface area contributed by atoms with Gasteiger partial charge in [0.05, 0.1) is 7.11 Å². The predicted molar refractivity (Wildman–Crippen MR) is 72.4 cm³/mol. The van der Waals surface area contributed by atoms with Gasteiger partial charge in [-0.25, -0.2) is 4.39 Å². The molecule has 0 heterocycles. The number of hydrogen-bond donors (Lipinski definition) is 2. The van der Waals surface area contributed by atoms with Gasteiger partial charge in [0.2, 0.25) is 0 Å². The molecule has 0 saturated carbocycles. The van der Waals surface area contributed by atoms with Crippen LogP contribution in [0.15, 0.2) is 18.2 Å². The van der Waals surface area contributed by atoms with E-state index in [1.807, 2.05) is 0 Å². The monoisotopic (exact) mass is 254 g/mol. The van der Waals surface area contributed by atoms with Crippen LogP contribution in [0.25, 0.3) is 0 Å². The second-order valence-corrected chi connectivity index (χ2v) is 4.56. The van der Waals surface area contributed by atoms with E-state index in [9.17, 15) is 4.39 Å². The SMILES string of the molecule is COc1cccc(F)c1CNCCCNC(C)C. The Kier molecular flexibility index (Phi) is 6.68. The Balaban J connectivity index is 2.31. The summed E-state index contributed by atoms with van der Waals surface area (Å²) in [5.74, 6) is 0.380. The highest BCUT2D eigenvalue weighted by molar-refractivity contribution is 5.34. The fourth-order valence-electron chi connectivity index (χ4n) is 1.72. The minimum atomic E-state index is -0.220. The van der Waals surface area contributed by atoms with Crippen LogP contribution in [0, 0.1) is 5.82 Å². The molecule has 1 aromatic rings. The molecule has 0 saturated heterocycles. The van der Waals surface area contributed by atoms with Crippen molar-refractivity contribution < 1.29 is 9.13 Å². The quantitative estimate of drug-likeness (QED) is 0.698. The molecule has 0 bridgehead atoms. The van der Waals surface area contributed by atoms with Gasteiger partial charge in [-0.3, -0.25) is 0 Å². The van der Waals surface area contributed by atoms with Gasteiger partial charge in [0, 0.05) is 18.2 Å². The van der Waals surface area contributed by atoms with Crippen molar-refractivity contribution in [1.82, 2.24) is 10.6 Å². The highest BCUT2D eigenvalue weighted by atomic mass is 19.1. The first kappa shape index (κ1) is 14.9. The number of rotatable bonds is 8. The van der Waals surface area contributed by atoms with Crippen LogP contribution in [-0.4, -0.2) is 26.2 Å². The number of benzene rings is 1. The molecule has 0 aromatic heterocycles. The Morgan fingerprint density at radius 3 is 2.72 bits per heavy atom. The van der Waals surface area contributed by atoms with Crippen molar-refractivity contribution in [2.45, 2.75) is 32.9 Å². The van der Waals surface area contributed by atoms with Crippen LogP contribution in [-0.2, 0) is 6.54 Å². The van der Waals surface area contributed by atoms with Crippen molar-refractivity contribution in [3.8, 4) is 5.75 Å². The lowest BCUT2D eigenvalue weighted by Crippen LogP contribution is -2.27. The lowest BCUT2D eigenvalue weighted by Gasteiger charge is -2.11. The smallest absolute Gasteiger partial charge is 0.131 e. The minimum absolute atomic E-state index is 0.220. The van der Waals surface area contributed by atoms with Crippen molar-refractivity contribution in [3.05, 3.63) is 29.6 Å². The molecule has 0 spiro atoms. The molecule has 1 aromatic carbocycles. The summed E-state index contributed by atoms with van der Waals surface area (Å²) in [6.07, 6.45) is 1.02. The summed E-state index contributed by atoms with van der Waals surface area (Å²) in [5, 5.41) is 6.57. The van der Waals surface area contributed by atoms with Gasteiger partial charge in [0.1, 0.15) is 11.6 Å². The molecule has 0 amide bonds. The Hall–Kier alpha value is -1.13. The highest BCUT2D eigenvalue weighted by Crippen LogP contribution is 2.20. The van der Waals surface area contributed by atoms with E-state index in [-0.39, 0.29) is 5.82 Å². The summed E-state index contributed by atoms with van der Waals surface area (Å²) < 4.78 is 18.7. The van der Waals surface area contributed by atoms with E-state index < -0.39 is 0 Å². The second-order valence-electron chi connectivity index (χ2n) is 4.56. The number of hydrogen-bond acceptors (Lipinski definition) is 3. The van der Waals surface area contributed by atoms with Gasteiger partial charge in [-0.2, -0.15) is 0 Å². The Labute approximate surface area is 109 Å². The first-order valence-electron chi connectivity index (χ1n) is 6.40.